The summed E-state index contributed by atoms with van der Waals surface area (Å²) in [7, 11) is 0. The number of ether oxygens (including phenoxy) is 2. The Morgan fingerprint density at radius 1 is 0.978 bits per heavy atom. The number of carbonyl (C=O) groups is 4. The first-order chi connectivity index (χ1) is 21.9. The van der Waals surface area contributed by atoms with E-state index in [0.717, 1.165) is 18.4 Å². The van der Waals surface area contributed by atoms with Gasteiger partial charge in [-0.05, 0) is 66.6 Å². The van der Waals surface area contributed by atoms with Crippen LogP contribution in [0.3, 0.4) is 0 Å². The number of hydrogen-bond donors (Lipinski definition) is 1. The van der Waals surface area contributed by atoms with Crippen LogP contribution in [0.1, 0.15) is 43.8 Å². The molecule has 2 aromatic carbocycles. The van der Waals surface area contributed by atoms with Crippen LogP contribution in [0.15, 0.2) is 54.6 Å². The van der Waals surface area contributed by atoms with Gasteiger partial charge in [-0.2, -0.15) is 5.26 Å². The predicted octanol–water partition coefficient (Wildman–Crippen LogP) is 3.01. The number of nitriles is 1. The van der Waals surface area contributed by atoms with Crippen molar-refractivity contribution in [1.29, 1.82) is 5.26 Å². The van der Waals surface area contributed by atoms with Crippen molar-refractivity contribution in [2.24, 2.45) is 5.92 Å². The van der Waals surface area contributed by atoms with Gasteiger partial charge >= 0.3 is 6.09 Å². The molecular formula is C33H30N6O6. The normalized spacial score (nSPS) is 20.0. The molecule has 0 spiro atoms. The van der Waals surface area contributed by atoms with Crippen LogP contribution in [0.25, 0.3) is 0 Å². The Morgan fingerprint density at radius 2 is 1.78 bits per heavy atom. The van der Waals surface area contributed by atoms with Gasteiger partial charge in [0.1, 0.15) is 11.9 Å². The van der Waals surface area contributed by atoms with Crippen molar-refractivity contribution in [2.45, 2.75) is 25.4 Å². The molecule has 1 aromatic heterocycles. The molecular weight excluding hydrogens is 576 g/mol. The lowest BCUT2D eigenvalue weighted by atomic mass is 10.0. The molecule has 7 rings (SSSR count). The molecule has 1 N–H and O–H groups in total. The number of aromatic nitrogens is 1. The number of hydrogen-bond acceptors (Lipinski definition) is 9. The Kier molecular flexibility index (Phi) is 7.39. The van der Waals surface area contributed by atoms with Gasteiger partial charge in [0.05, 0.1) is 29.3 Å². The van der Waals surface area contributed by atoms with Crippen molar-refractivity contribution in [1.82, 2.24) is 14.8 Å². The minimum absolute atomic E-state index is 0.0855. The lowest BCUT2D eigenvalue weighted by Crippen LogP contribution is -2.41. The fourth-order valence-electron chi connectivity index (χ4n) is 6.61. The molecule has 0 bridgehead atoms. The molecule has 2 atom stereocenters. The molecule has 228 valence electrons. The molecule has 1 saturated heterocycles. The van der Waals surface area contributed by atoms with E-state index in [1.165, 1.54) is 15.4 Å². The van der Waals surface area contributed by atoms with E-state index < -0.39 is 12.2 Å². The third-order valence-corrected chi connectivity index (χ3v) is 8.81. The number of cyclic esters (lactones) is 1. The third kappa shape index (κ3) is 5.47. The van der Waals surface area contributed by atoms with Gasteiger partial charge in [0, 0.05) is 26.2 Å². The number of imide groups is 1. The Balaban J connectivity index is 1.03. The van der Waals surface area contributed by atoms with Gasteiger partial charge in [-0.25, -0.2) is 9.78 Å². The number of pyridine rings is 1. The van der Waals surface area contributed by atoms with E-state index in [2.05, 4.69) is 27.3 Å². The maximum absolute atomic E-state index is 13.0. The van der Waals surface area contributed by atoms with Gasteiger partial charge in [-0.15, -0.1) is 0 Å². The van der Waals surface area contributed by atoms with Gasteiger partial charge in [0.2, 0.25) is 0 Å². The Hall–Kier alpha value is -5.28. The summed E-state index contributed by atoms with van der Waals surface area (Å²) >= 11 is 0. The quantitative estimate of drug-likeness (QED) is 0.363. The average Bonchev–Trinajstić information content (AvgIpc) is 3.71. The molecule has 0 saturated carbocycles. The molecule has 3 aliphatic heterocycles. The number of fused-ring (bicyclic) bond motifs is 3. The lowest BCUT2D eigenvalue weighted by molar-refractivity contribution is -0.118. The van der Waals surface area contributed by atoms with Crippen LogP contribution in [0.5, 0.6) is 5.75 Å². The van der Waals surface area contributed by atoms with Crippen molar-refractivity contribution in [3.05, 3.63) is 82.4 Å². The minimum Gasteiger partial charge on any atom is -0.480 e. The molecule has 12 nitrogen and oxygen atoms in total. The number of benzene rings is 2. The van der Waals surface area contributed by atoms with Crippen LogP contribution in [0.4, 0.5) is 16.4 Å². The number of amides is 4. The van der Waals surface area contributed by atoms with E-state index in [9.17, 15) is 24.4 Å². The van der Waals surface area contributed by atoms with Gasteiger partial charge < -0.3 is 19.7 Å². The standard InChI is InChI=1S/C33H30N6O6/c34-16-22-5-3-4-21-14-20(15-26(21)22)17-37(12-13-38-31(41)24-6-1-2-7-25(24)32(38)42)11-10-23-18-39(33(43)45-23)28-9-8-27-30(35-28)36-29(40)19-44-27/h1-9,20,23H,10-15,17-19H2,(H,35,36,40). The number of nitrogens with one attached hydrogen (secondary N) is 1. The Morgan fingerprint density at radius 3 is 2.56 bits per heavy atom. The van der Waals surface area contributed by atoms with Gasteiger partial charge in [0.25, 0.3) is 17.7 Å². The van der Waals surface area contributed by atoms with Crippen molar-refractivity contribution in [2.75, 3.05) is 49.5 Å². The lowest BCUT2D eigenvalue weighted by Gasteiger charge is -2.28. The maximum atomic E-state index is 13.0. The van der Waals surface area contributed by atoms with Crippen LogP contribution in [0, 0.1) is 17.2 Å². The van der Waals surface area contributed by atoms with Crippen LogP contribution in [-0.2, 0) is 22.4 Å². The second-order valence-corrected chi connectivity index (χ2v) is 11.7. The highest BCUT2D eigenvalue weighted by Crippen LogP contribution is 2.32. The molecule has 12 heteroatoms. The summed E-state index contributed by atoms with van der Waals surface area (Å²) in [4.78, 5) is 60.0. The summed E-state index contributed by atoms with van der Waals surface area (Å²) in [6.45, 7) is 2.15. The number of carbonyl (C=O) groups excluding carboxylic acids is 4. The van der Waals surface area contributed by atoms with Crippen LogP contribution in [0.2, 0.25) is 0 Å². The van der Waals surface area contributed by atoms with Crippen LogP contribution >= 0.6 is 0 Å². The second-order valence-electron chi connectivity index (χ2n) is 11.7. The van der Waals surface area contributed by atoms with Crippen molar-refractivity contribution >= 4 is 35.5 Å². The Bertz CT molecular complexity index is 1730. The summed E-state index contributed by atoms with van der Waals surface area (Å²) in [6, 6.07) is 18.3. The molecule has 2 unspecified atom stereocenters. The monoisotopic (exact) mass is 606 g/mol. The zero-order valence-electron chi connectivity index (χ0n) is 24.4. The summed E-state index contributed by atoms with van der Waals surface area (Å²) in [6.07, 6.45) is 1.21. The van der Waals surface area contributed by atoms with Crippen molar-refractivity contribution in [3.8, 4) is 11.8 Å². The van der Waals surface area contributed by atoms with Crippen LogP contribution in [-0.4, -0.2) is 84.0 Å². The SMILES string of the molecule is N#Cc1cccc2c1CC(CN(CCC1CN(c3ccc4c(n3)NC(=O)CO4)C(=O)O1)CCN1C(=O)c3ccccc3C1=O)C2. The highest BCUT2D eigenvalue weighted by atomic mass is 16.6. The first-order valence-electron chi connectivity index (χ1n) is 15.0. The zero-order chi connectivity index (χ0) is 31.1. The summed E-state index contributed by atoms with van der Waals surface area (Å²) in [5.74, 6) is 0.417. The van der Waals surface area contributed by atoms with E-state index in [-0.39, 0.29) is 49.2 Å². The maximum Gasteiger partial charge on any atom is 0.415 e. The van der Waals surface area contributed by atoms with Crippen molar-refractivity contribution in [3.63, 3.8) is 0 Å². The summed E-state index contributed by atoms with van der Waals surface area (Å²) in [5, 5.41) is 12.3. The smallest absolute Gasteiger partial charge is 0.415 e. The van der Waals surface area contributed by atoms with Gasteiger partial charge in [0.15, 0.2) is 18.2 Å². The molecule has 4 aliphatic rings. The average molecular weight is 607 g/mol. The molecule has 1 fully saturated rings. The minimum atomic E-state index is -0.525. The van der Waals surface area contributed by atoms with Crippen LogP contribution < -0.4 is 15.0 Å². The van der Waals surface area contributed by atoms with Crippen molar-refractivity contribution < 1.29 is 28.7 Å². The van der Waals surface area contributed by atoms with E-state index in [1.807, 2.05) is 12.1 Å². The second kappa shape index (κ2) is 11.7. The molecule has 4 amide bonds. The number of nitrogens with zero attached hydrogens (tertiary/aromatic N) is 5. The van der Waals surface area contributed by atoms with E-state index in [1.54, 1.807) is 36.4 Å². The first kappa shape index (κ1) is 28.5. The summed E-state index contributed by atoms with van der Waals surface area (Å²) in [5.41, 5.74) is 3.81. The van der Waals surface area contributed by atoms with E-state index >= 15 is 0 Å². The largest absolute Gasteiger partial charge is 0.480 e. The number of rotatable bonds is 9. The zero-order valence-corrected chi connectivity index (χ0v) is 24.4. The number of anilines is 2. The molecule has 45 heavy (non-hydrogen) atoms. The fraction of sp³-hybridized carbons (Fsp3) is 0.333. The molecule has 1 aliphatic carbocycles. The Labute approximate surface area is 259 Å². The molecule has 0 radical (unpaired) electrons. The van der Waals surface area contributed by atoms with E-state index in [0.29, 0.717) is 54.3 Å². The first-order valence-corrected chi connectivity index (χ1v) is 15.0. The third-order valence-electron chi connectivity index (χ3n) is 8.81. The van der Waals surface area contributed by atoms with Gasteiger partial charge in [-0.3, -0.25) is 24.2 Å². The predicted molar refractivity (Wildman–Crippen MR) is 161 cm³/mol. The van der Waals surface area contributed by atoms with Gasteiger partial charge in [-0.1, -0.05) is 24.3 Å². The summed E-state index contributed by atoms with van der Waals surface area (Å²) < 4.78 is 11.1. The highest BCUT2D eigenvalue weighted by Gasteiger charge is 2.37. The fourth-order valence-corrected chi connectivity index (χ4v) is 6.61. The highest BCUT2D eigenvalue weighted by molar-refractivity contribution is 6.21. The molecule has 3 aromatic rings. The molecule has 4 heterocycles. The van der Waals surface area contributed by atoms with E-state index in [4.69, 9.17) is 9.47 Å². The topological polar surface area (TPSA) is 145 Å².